The van der Waals surface area contributed by atoms with Crippen LogP contribution in [0.25, 0.3) is 6.08 Å². The quantitative estimate of drug-likeness (QED) is 0.698. The number of carbonyl (C=O) groups excluding carboxylic acids is 2. The summed E-state index contributed by atoms with van der Waals surface area (Å²) < 4.78 is 13.0. The molecular formula is C18H15FN2O4. The van der Waals surface area contributed by atoms with Crippen molar-refractivity contribution in [3.8, 4) is 0 Å². The Morgan fingerprint density at radius 2 is 1.64 bits per heavy atom. The number of carboxylic acid groups (broad SMARTS) is 1. The van der Waals surface area contributed by atoms with Gasteiger partial charge in [0.25, 0.3) is 11.8 Å². The van der Waals surface area contributed by atoms with Crippen LogP contribution in [0.1, 0.15) is 15.9 Å². The maximum atomic E-state index is 13.0. The molecule has 6 nitrogen and oxygen atoms in total. The Balaban J connectivity index is 2.24. The van der Waals surface area contributed by atoms with Gasteiger partial charge in [-0.3, -0.25) is 14.4 Å². The predicted octanol–water partition coefficient (Wildman–Crippen LogP) is 1.80. The molecule has 0 heterocycles. The molecule has 2 aromatic rings. The highest BCUT2D eigenvalue weighted by Crippen LogP contribution is 2.08. The lowest BCUT2D eigenvalue weighted by atomic mass is 10.1. The van der Waals surface area contributed by atoms with Crippen molar-refractivity contribution in [2.75, 3.05) is 6.54 Å². The van der Waals surface area contributed by atoms with Crippen molar-refractivity contribution in [2.24, 2.45) is 0 Å². The molecule has 0 fully saturated rings. The number of carbonyl (C=O) groups is 3. The SMILES string of the molecule is O=C(O)CNC(=O)/C(=C\c1ccc(F)cc1)NC(=O)c1ccccc1. The third-order valence-corrected chi connectivity index (χ3v) is 3.11. The van der Waals surface area contributed by atoms with Gasteiger partial charge >= 0.3 is 5.97 Å². The zero-order valence-corrected chi connectivity index (χ0v) is 13.0. The lowest BCUT2D eigenvalue weighted by Gasteiger charge is -2.10. The molecule has 0 radical (unpaired) electrons. The Morgan fingerprint density at radius 3 is 2.24 bits per heavy atom. The maximum Gasteiger partial charge on any atom is 0.322 e. The summed E-state index contributed by atoms with van der Waals surface area (Å²) in [6.45, 7) is -0.596. The normalized spacial score (nSPS) is 10.8. The van der Waals surface area contributed by atoms with Crippen LogP contribution in [0.15, 0.2) is 60.3 Å². The molecule has 128 valence electrons. The van der Waals surface area contributed by atoms with E-state index >= 15 is 0 Å². The van der Waals surface area contributed by atoms with E-state index in [1.807, 2.05) is 0 Å². The van der Waals surface area contributed by atoms with Gasteiger partial charge < -0.3 is 15.7 Å². The van der Waals surface area contributed by atoms with Gasteiger partial charge in [0.05, 0.1) is 0 Å². The highest BCUT2D eigenvalue weighted by Gasteiger charge is 2.15. The molecule has 2 amide bonds. The van der Waals surface area contributed by atoms with Crippen molar-refractivity contribution in [1.29, 1.82) is 0 Å². The molecular weight excluding hydrogens is 327 g/mol. The lowest BCUT2D eigenvalue weighted by Crippen LogP contribution is -2.37. The lowest BCUT2D eigenvalue weighted by molar-refractivity contribution is -0.137. The van der Waals surface area contributed by atoms with E-state index in [1.54, 1.807) is 30.3 Å². The minimum absolute atomic E-state index is 0.151. The highest BCUT2D eigenvalue weighted by atomic mass is 19.1. The van der Waals surface area contributed by atoms with Crippen molar-refractivity contribution in [3.63, 3.8) is 0 Å². The van der Waals surface area contributed by atoms with Crippen LogP contribution in [-0.2, 0) is 9.59 Å². The van der Waals surface area contributed by atoms with Gasteiger partial charge in [-0.25, -0.2) is 4.39 Å². The van der Waals surface area contributed by atoms with E-state index < -0.39 is 30.1 Å². The van der Waals surface area contributed by atoms with Crippen molar-refractivity contribution < 1.29 is 23.9 Å². The fourth-order valence-corrected chi connectivity index (χ4v) is 1.92. The zero-order valence-electron chi connectivity index (χ0n) is 13.0. The Labute approximate surface area is 143 Å². The number of aliphatic carboxylic acids is 1. The Kier molecular flexibility index (Phi) is 6.00. The van der Waals surface area contributed by atoms with Gasteiger partial charge in [-0.2, -0.15) is 0 Å². The number of nitrogens with one attached hydrogen (secondary N) is 2. The first kappa shape index (κ1) is 17.9. The largest absolute Gasteiger partial charge is 0.480 e. The van der Waals surface area contributed by atoms with E-state index in [1.165, 1.54) is 30.3 Å². The predicted molar refractivity (Wildman–Crippen MR) is 88.9 cm³/mol. The molecule has 0 unspecified atom stereocenters. The van der Waals surface area contributed by atoms with Gasteiger partial charge in [0.1, 0.15) is 18.1 Å². The van der Waals surface area contributed by atoms with Gasteiger partial charge in [-0.1, -0.05) is 30.3 Å². The van der Waals surface area contributed by atoms with Crippen LogP contribution < -0.4 is 10.6 Å². The number of hydrogen-bond acceptors (Lipinski definition) is 3. The zero-order chi connectivity index (χ0) is 18.2. The van der Waals surface area contributed by atoms with E-state index in [0.29, 0.717) is 11.1 Å². The molecule has 0 saturated carbocycles. The summed E-state index contributed by atoms with van der Waals surface area (Å²) in [5.74, 6) is -2.96. The molecule has 0 atom stereocenters. The number of hydrogen-bond donors (Lipinski definition) is 3. The van der Waals surface area contributed by atoms with Crippen LogP contribution in [0.3, 0.4) is 0 Å². The fraction of sp³-hybridized carbons (Fsp3) is 0.0556. The minimum atomic E-state index is -1.22. The summed E-state index contributed by atoms with van der Waals surface area (Å²) in [5.41, 5.74) is 0.649. The maximum absolute atomic E-state index is 13.0. The van der Waals surface area contributed by atoms with Gasteiger partial charge in [-0.05, 0) is 35.9 Å². The number of carboxylic acids is 1. The number of rotatable bonds is 6. The van der Waals surface area contributed by atoms with Gasteiger partial charge in [0.2, 0.25) is 0 Å². The summed E-state index contributed by atoms with van der Waals surface area (Å²) in [7, 11) is 0. The van der Waals surface area contributed by atoms with Gasteiger partial charge in [0, 0.05) is 5.56 Å². The second-order valence-corrected chi connectivity index (χ2v) is 5.01. The van der Waals surface area contributed by atoms with E-state index in [2.05, 4.69) is 10.6 Å². The van der Waals surface area contributed by atoms with E-state index in [9.17, 15) is 18.8 Å². The molecule has 2 aromatic carbocycles. The first-order chi connectivity index (χ1) is 12.0. The van der Waals surface area contributed by atoms with E-state index in [4.69, 9.17) is 5.11 Å². The summed E-state index contributed by atoms with van der Waals surface area (Å²) in [6, 6.07) is 13.5. The molecule has 7 heteroatoms. The van der Waals surface area contributed by atoms with Crippen molar-refractivity contribution in [1.82, 2.24) is 10.6 Å². The second-order valence-electron chi connectivity index (χ2n) is 5.01. The second kappa shape index (κ2) is 8.39. The van der Waals surface area contributed by atoms with Crippen LogP contribution in [0.4, 0.5) is 4.39 Å². The Hall–Kier alpha value is -3.48. The van der Waals surface area contributed by atoms with Crippen molar-refractivity contribution >= 4 is 23.9 Å². The van der Waals surface area contributed by atoms with Crippen LogP contribution >= 0.6 is 0 Å². The van der Waals surface area contributed by atoms with Crippen molar-refractivity contribution in [3.05, 3.63) is 77.2 Å². The third-order valence-electron chi connectivity index (χ3n) is 3.11. The summed E-state index contributed by atoms with van der Waals surface area (Å²) in [6.07, 6.45) is 1.33. The van der Waals surface area contributed by atoms with Gasteiger partial charge in [-0.15, -0.1) is 0 Å². The molecule has 0 aromatic heterocycles. The van der Waals surface area contributed by atoms with Crippen LogP contribution in [-0.4, -0.2) is 29.4 Å². The fourth-order valence-electron chi connectivity index (χ4n) is 1.92. The standard InChI is InChI=1S/C18H15FN2O4/c19-14-8-6-12(7-9-14)10-15(18(25)20-11-16(22)23)21-17(24)13-4-2-1-3-5-13/h1-10H,11H2,(H,20,25)(H,21,24)(H,22,23)/b15-10+. The van der Waals surface area contributed by atoms with Crippen LogP contribution in [0, 0.1) is 5.82 Å². The number of halogens is 1. The van der Waals surface area contributed by atoms with E-state index in [-0.39, 0.29) is 5.70 Å². The topological polar surface area (TPSA) is 95.5 Å². The monoisotopic (exact) mass is 342 g/mol. The molecule has 25 heavy (non-hydrogen) atoms. The van der Waals surface area contributed by atoms with Crippen LogP contribution in [0.2, 0.25) is 0 Å². The first-order valence-electron chi connectivity index (χ1n) is 7.29. The average molecular weight is 342 g/mol. The summed E-state index contributed by atoms with van der Waals surface area (Å²) >= 11 is 0. The Morgan fingerprint density at radius 1 is 1.00 bits per heavy atom. The minimum Gasteiger partial charge on any atom is -0.480 e. The molecule has 0 aliphatic carbocycles. The van der Waals surface area contributed by atoms with Crippen molar-refractivity contribution in [2.45, 2.75) is 0 Å². The average Bonchev–Trinajstić information content (AvgIpc) is 2.61. The highest BCUT2D eigenvalue weighted by molar-refractivity contribution is 6.05. The molecule has 0 saturated heterocycles. The summed E-state index contributed by atoms with van der Waals surface area (Å²) in [4.78, 5) is 35.0. The van der Waals surface area contributed by atoms with E-state index in [0.717, 1.165) is 0 Å². The molecule has 2 rings (SSSR count). The molecule has 0 aliphatic rings. The van der Waals surface area contributed by atoms with Crippen LogP contribution in [0.5, 0.6) is 0 Å². The molecule has 3 N–H and O–H groups in total. The summed E-state index contributed by atoms with van der Waals surface area (Å²) in [5, 5.41) is 13.3. The third kappa shape index (κ3) is 5.58. The molecule has 0 spiro atoms. The Bertz CT molecular complexity index is 802. The number of amides is 2. The number of benzene rings is 2. The molecule has 0 bridgehead atoms. The smallest absolute Gasteiger partial charge is 0.322 e. The molecule has 0 aliphatic heterocycles. The first-order valence-corrected chi connectivity index (χ1v) is 7.29. The van der Waals surface area contributed by atoms with Gasteiger partial charge in [0.15, 0.2) is 0 Å².